The molecule has 1 aliphatic rings. The third-order valence-electron chi connectivity index (χ3n) is 2.87. The number of hydrogen-bond acceptors (Lipinski definition) is 5. The van der Waals surface area contributed by atoms with Crippen molar-refractivity contribution in [2.24, 2.45) is 11.5 Å². The molecule has 0 saturated carbocycles. The first-order valence-corrected chi connectivity index (χ1v) is 7.87. The van der Waals surface area contributed by atoms with Gasteiger partial charge in [0.25, 0.3) is 10.0 Å². The number of nitrogens with zero attached hydrogens (tertiary/aromatic N) is 1. The molecule has 100 valence electrons. The quantitative estimate of drug-likeness (QED) is 0.814. The average Bonchev–Trinajstić information content (AvgIpc) is 2.79. The van der Waals surface area contributed by atoms with Gasteiger partial charge in [0, 0.05) is 24.5 Å². The second-order valence-corrected chi connectivity index (χ2v) is 7.36. The molecular formula is C10H15N3O3S2. The zero-order valence-electron chi connectivity index (χ0n) is 9.70. The summed E-state index contributed by atoms with van der Waals surface area (Å²) < 4.78 is 26.1. The Morgan fingerprint density at radius 3 is 2.78 bits per heavy atom. The average molecular weight is 289 g/mol. The van der Waals surface area contributed by atoms with Gasteiger partial charge in [-0.05, 0) is 18.9 Å². The van der Waals surface area contributed by atoms with Crippen LogP contribution in [0.1, 0.15) is 23.2 Å². The maximum atomic E-state index is 12.3. The number of hydrogen-bond donors (Lipinski definition) is 2. The molecule has 2 heterocycles. The zero-order valence-corrected chi connectivity index (χ0v) is 11.3. The van der Waals surface area contributed by atoms with Crippen molar-refractivity contribution in [3.05, 3.63) is 17.0 Å². The molecule has 0 spiro atoms. The number of rotatable bonds is 3. The van der Waals surface area contributed by atoms with Crippen molar-refractivity contribution < 1.29 is 13.2 Å². The Kier molecular flexibility index (Phi) is 3.71. The summed E-state index contributed by atoms with van der Waals surface area (Å²) in [5.41, 5.74) is 11.1. The van der Waals surface area contributed by atoms with E-state index in [0.717, 1.165) is 24.2 Å². The normalized spacial score (nSPS) is 21.9. The van der Waals surface area contributed by atoms with Crippen molar-refractivity contribution >= 4 is 27.3 Å². The van der Waals surface area contributed by atoms with Crippen LogP contribution in [-0.2, 0) is 10.0 Å². The van der Waals surface area contributed by atoms with E-state index in [-0.39, 0.29) is 15.8 Å². The Bertz CT molecular complexity index is 552. The van der Waals surface area contributed by atoms with Gasteiger partial charge in [-0.15, -0.1) is 11.3 Å². The molecule has 0 aromatic carbocycles. The van der Waals surface area contributed by atoms with E-state index in [1.807, 2.05) is 0 Å². The molecule has 0 aliphatic carbocycles. The maximum absolute atomic E-state index is 12.3. The lowest BCUT2D eigenvalue weighted by molar-refractivity contribution is 0.100. The highest BCUT2D eigenvalue weighted by Crippen LogP contribution is 2.25. The van der Waals surface area contributed by atoms with Crippen molar-refractivity contribution in [1.82, 2.24) is 4.31 Å². The van der Waals surface area contributed by atoms with E-state index in [4.69, 9.17) is 11.5 Å². The van der Waals surface area contributed by atoms with Crippen molar-refractivity contribution in [1.29, 1.82) is 0 Å². The van der Waals surface area contributed by atoms with Crippen LogP contribution in [0.4, 0.5) is 0 Å². The topological polar surface area (TPSA) is 106 Å². The molecular weight excluding hydrogens is 274 g/mol. The molecule has 0 radical (unpaired) electrons. The van der Waals surface area contributed by atoms with Gasteiger partial charge in [0.15, 0.2) is 0 Å². The first-order valence-electron chi connectivity index (χ1n) is 5.55. The van der Waals surface area contributed by atoms with Gasteiger partial charge in [-0.1, -0.05) is 0 Å². The van der Waals surface area contributed by atoms with E-state index in [1.165, 1.54) is 15.8 Å². The van der Waals surface area contributed by atoms with E-state index in [1.54, 1.807) is 0 Å². The Balaban J connectivity index is 2.26. The molecule has 4 N–H and O–H groups in total. The fourth-order valence-electron chi connectivity index (χ4n) is 1.90. The first-order chi connectivity index (χ1) is 8.41. The van der Waals surface area contributed by atoms with Crippen molar-refractivity contribution in [3.8, 4) is 0 Å². The third-order valence-corrected chi connectivity index (χ3v) is 6.15. The standard InChI is InChI=1S/C10H15N3O3S2/c11-8-2-1-3-13(5-8)18(15,16)9-4-7(6-17-9)10(12)14/h4,6,8H,1-3,5,11H2,(H2,12,14)/t8-/m0/s1. The van der Waals surface area contributed by atoms with Crippen LogP contribution in [0.5, 0.6) is 0 Å². The summed E-state index contributed by atoms with van der Waals surface area (Å²) in [5.74, 6) is -0.622. The van der Waals surface area contributed by atoms with Crippen LogP contribution in [0.15, 0.2) is 15.7 Å². The molecule has 8 heteroatoms. The Labute approximate surface area is 110 Å². The number of nitrogens with two attached hydrogens (primary N) is 2. The smallest absolute Gasteiger partial charge is 0.252 e. The minimum Gasteiger partial charge on any atom is -0.366 e. The molecule has 1 aromatic heterocycles. The number of primary amides is 1. The SMILES string of the molecule is NC(=O)c1csc(S(=O)(=O)N2CCC[C@H](N)C2)c1. The number of piperidine rings is 1. The summed E-state index contributed by atoms with van der Waals surface area (Å²) in [6.07, 6.45) is 1.59. The maximum Gasteiger partial charge on any atom is 0.252 e. The van der Waals surface area contributed by atoms with Crippen molar-refractivity contribution in [3.63, 3.8) is 0 Å². The van der Waals surface area contributed by atoms with Gasteiger partial charge < -0.3 is 11.5 Å². The predicted octanol–water partition coefficient (Wildman–Crippen LogP) is -0.0412. The molecule has 1 fully saturated rings. The molecule has 1 aromatic rings. The van der Waals surface area contributed by atoms with Gasteiger partial charge in [-0.2, -0.15) is 4.31 Å². The molecule has 2 rings (SSSR count). The minimum absolute atomic E-state index is 0.121. The van der Waals surface area contributed by atoms with E-state index < -0.39 is 15.9 Å². The zero-order chi connectivity index (χ0) is 13.3. The van der Waals surface area contributed by atoms with Gasteiger partial charge in [0.2, 0.25) is 5.91 Å². The molecule has 1 atom stereocenters. The summed E-state index contributed by atoms with van der Waals surface area (Å²) in [7, 11) is -3.54. The highest BCUT2D eigenvalue weighted by atomic mass is 32.2. The van der Waals surface area contributed by atoms with Crippen LogP contribution in [0, 0.1) is 0 Å². The largest absolute Gasteiger partial charge is 0.366 e. The Hall–Kier alpha value is -0.960. The van der Waals surface area contributed by atoms with Crippen LogP contribution in [-0.4, -0.2) is 37.8 Å². The van der Waals surface area contributed by atoms with E-state index in [0.29, 0.717) is 13.1 Å². The van der Waals surface area contributed by atoms with Crippen LogP contribution in [0.25, 0.3) is 0 Å². The second kappa shape index (κ2) is 4.96. The fourth-order valence-corrected chi connectivity index (χ4v) is 4.76. The van der Waals surface area contributed by atoms with Crippen LogP contribution in [0.3, 0.4) is 0 Å². The molecule has 18 heavy (non-hydrogen) atoms. The lowest BCUT2D eigenvalue weighted by Crippen LogP contribution is -2.45. The summed E-state index contributed by atoms with van der Waals surface area (Å²) in [6, 6.07) is 1.20. The number of thiophene rings is 1. The fraction of sp³-hybridized carbons (Fsp3) is 0.500. The Morgan fingerprint density at radius 2 is 2.22 bits per heavy atom. The lowest BCUT2D eigenvalue weighted by Gasteiger charge is -2.29. The monoisotopic (exact) mass is 289 g/mol. The Morgan fingerprint density at radius 1 is 1.50 bits per heavy atom. The van der Waals surface area contributed by atoms with Crippen molar-refractivity contribution in [2.75, 3.05) is 13.1 Å². The number of carbonyl (C=O) groups is 1. The van der Waals surface area contributed by atoms with Gasteiger partial charge in [-0.3, -0.25) is 4.79 Å². The number of carbonyl (C=O) groups excluding carboxylic acids is 1. The number of sulfonamides is 1. The van der Waals surface area contributed by atoms with Gasteiger partial charge in [-0.25, -0.2) is 8.42 Å². The van der Waals surface area contributed by atoms with Crippen LogP contribution < -0.4 is 11.5 Å². The third kappa shape index (κ3) is 2.56. The van der Waals surface area contributed by atoms with Gasteiger partial charge >= 0.3 is 0 Å². The van der Waals surface area contributed by atoms with E-state index >= 15 is 0 Å². The number of amides is 1. The minimum atomic E-state index is -3.54. The van der Waals surface area contributed by atoms with Crippen LogP contribution >= 0.6 is 11.3 Å². The summed E-state index contributed by atoms with van der Waals surface area (Å²) in [5, 5.41) is 1.46. The predicted molar refractivity (Wildman–Crippen MR) is 68.8 cm³/mol. The molecule has 1 amide bonds. The van der Waals surface area contributed by atoms with E-state index in [9.17, 15) is 13.2 Å². The first kappa shape index (κ1) is 13.5. The van der Waals surface area contributed by atoms with Crippen molar-refractivity contribution in [2.45, 2.75) is 23.1 Å². The molecule has 6 nitrogen and oxygen atoms in total. The molecule has 0 unspecified atom stereocenters. The summed E-state index contributed by atoms with van der Waals surface area (Å²) >= 11 is 1.01. The molecule has 1 saturated heterocycles. The van der Waals surface area contributed by atoms with Crippen LogP contribution in [0.2, 0.25) is 0 Å². The highest BCUT2D eigenvalue weighted by molar-refractivity contribution is 7.91. The second-order valence-electron chi connectivity index (χ2n) is 4.28. The highest BCUT2D eigenvalue weighted by Gasteiger charge is 2.30. The van der Waals surface area contributed by atoms with Gasteiger partial charge in [0.1, 0.15) is 4.21 Å². The summed E-state index contributed by atoms with van der Waals surface area (Å²) in [6.45, 7) is 0.798. The molecule has 1 aliphatic heterocycles. The van der Waals surface area contributed by atoms with E-state index in [2.05, 4.69) is 0 Å². The lowest BCUT2D eigenvalue weighted by atomic mass is 10.1. The molecule has 0 bridgehead atoms. The van der Waals surface area contributed by atoms with Gasteiger partial charge in [0.05, 0.1) is 5.56 Å². The summed E-state index contributed by atoms with van der Waals surface area (Å²) in [4.78, 5) is 11.0.